The van der Waals surface area contributed by atoms with Crippen molar-refractivity contribution in [1.82, 2.24) is 20.3 Å². The maximum Gasteiger partial charge on any atom is 0.226 e. The summed E-state index contributed by atoms with van der Waals surface area (Å²) in [7, 11) is 0. The zero-order chi connectivity index (χ0) is 17.2. The molecule has 130 valence electrons. The van der Waals surface area contributed by atoms with Gasteiger partial charge in [-0.2, -0.15) is 0 Å². The average Bonchev–Trinajstić information content (AvgIpc) is 2.95. The highest BCUT2D eigenvalue weighted by atomic mass is 16.5. The SMILES string of the molecule is Cc1cnc(N2C[C@@H]3C[C@@H](C(=O)NCc4cccnc4)[C@H](C2)O3)nc1. The monoisotopic (exact) mass is 339 g/mol. The summed E-state index contributed by atoms with van der Waals surface area (Å²) in [4.78, 5) is 27.6. The van der Waals surface area contributed by atoms with Crippen LogP contribution in [0.25, 0.3) is 0 Å². The molecule has 2 bridgehead atoms. The summed E-state index contributed by atoms with van der Waals surface area (Å²) in [5.41, 5.74) is 2.03. The lowest BCUT2D eigenvalue weighted by molar-refractivity contribution is -0.126. The molecule has 0 spiro atoms. The summed E-state index contributed by atoms with van der Waals surface area (Å²) in [5, 5.41) is 3.01. The second-order valence-corrected chi connectivity index (χ2v) is 6.68. The average molecular weight is 339 g/mol. The Morgan fingerprint density at radius 3 is 2.92 bits per heavy atom. The molecule has 4 rings (SSSR count). The molecule has 0 saturated carbocycles. The van der Waals surface area contributed by atoms with E-state index in [1.54, 1.807) is 12.4 Å². The molecule has 4 heterocycles. The number of aromatic nitrogens is 3. The predicted molar refractivity (Wildman–Crippen MR) is 91.8 cm³/mol. The van der Waals surface area contributed by atoms with Crippen LogP contribution in [0.15, 0.2) is 36.9 Å². The summed E-state index contributed by atoms with van der Waals surface area (Å²) < 4.78 is 5.99. The first kappa shape index (κ1) is 16.0. The Morgan fingerprint density at radius 1 is 1.32 bits per heavy atom. The maximum absolute atomic E-state index is 12.6. The number of fused-ring (bicyclic) bond motifs is 2. The largest absolute Gasteiger partial charge is 0.370 e. The Bertz CT molecular complexity index is 737. The van der Waals surface area contributed by atoms with E-state index in [2.05, 4.69) is 25.2 Å². The van der Waals surface area contributed by atoms with Crippen molar-refractivity contribution in [3.05, 3.63) is 48.0 Å². The molecule has 2 fully saturated rings. The summed E-state index contributed by atoms with van der Waals surface area (Å²) in [6, 6.07) is 3.82. The molecule has 25 heavy (non-hydrogen) atoms. The molecule has 0 aromatic carbocycles. The van der Waals surface area contributed by atoms with Gasteiger partial charge in [0, 0.05) is 44.4 Å². The number of anilines is 1. The zero-order valence-electron chi connectivity index (χ0n) is 14.1. The summed E-state index contributed by atoms with van der Waals surface area (Å²) in [5.74, 6) is 0.625. The molecule has 1 amide bonds. The molecule has 0 radical (unpaired) electrons. The van der Waals surface area contributed by atoms with E-state index in [4.69, 9.17) is 4.74 Å². The molecule has 7 heteroatoms. The molecule has 0 unspecified atom stereocenters. The van der Waals surface area contributed by atoms with Gasteiger partial charge in [-0.25, -0.2) is 9.97 Å². The quantitative estimate of drug-likeness (QED) is 0.898. The van der Waals surface area contributed by atoms with Crippen LogP contribution in [0.5, 0.6) is 0 Å². The number of ether oxygens (including phenoxy) is 1. The van der Waals surface area contributed by atoms with Gasteiger partial charge in [0.25, 0.3) is 0 Å². The van der Waals surface area contributed by atoms with Gasteiger partial charge in [0.05, 0.1) is 18.1 Å². The zero-order valence-corrected chi connectivity index (χ0v) is 14.1. The van der Waals surface area contributed by atoms with Crippen LogP contribution in [-0.2, 0) is 16.1 Å². The first-order valence-corrected chi connectivity index (χ1v) is 8.55. The van der Waals surface area contributed by atoms with Crippen molar-refractivity contribution in [3.63, 3.8) is 0 Å². The first-order chi connectivity index (χ1) is 12.2. The number of nitrogens with one attached hydrogen (secondary N) is 1. The van der Waals surface area contributed by atoms with Crippen LogP contribution in [-0.4, -0.2) is 46.2 Å². The number of carbonyl (C=O) groups excluding carboxylic acids is 1. The van der Waals surface area contributed by atoms with E-state index >= 15 is 0 Å². The Morgan fingerprint density at radius 2 is 2.16 bits per heavy atom. The highest BCUT2D eigenvalue weighted by molar-refractivity contribution is 5.79. The van der Waals surface area contributed by atoms with E-state index in [0.717, 1.165) is 24.1 Å². The van der Waals surface area contributed by atoms with Crippen LogP contribution in [0.3, 0.4) is 0 Å². The van der Waals surface area contributed by atoms with E-state index in [9.17, 15) is 4.79 Å². The summed E-state index contributed by atoms with van der Waals surface area (Å²) in [6.45, 7) is 3.83. The van der Waals surface area contributed by atoms with E-state index in [1.165, 1.54) is 0 Å². The summed E-state index contributed by atoms with van der Waals surface area (Å²) >= 11 is 0. The highest BCUT2D eigenvalue weighted by Crippen LogP contribution is 2.33. The number of hydrogen-bond acceptors (Lipinski definition) is 6. The minimum absolute atomic E-state index is 0.0445. The molecular formula is C18H21N5O2. The Labute approximate surface area is 146 Å². The van der Waals surface area contributed by atoms with Crippen LogP contribution in [0.2, 0.25) is 0 Å². The van der Waals surface area contributed by atoms with Crippen molar-refractivity contribution in [2.24, 2.45) is 5.92 Å². The highest BCUT2D eigenvalue weighted by Gasteiger charge is 2.45. The minimum Gasteiger partial charge on any atom is -0.370 e. The fourth-order valence-electron chi connectivity index (χ4n) is 3.47. The number of aryl methyl sites for hydroxylation is 1. The number of amides is 1. The molecule has 0 aliphatic carbocycles. The number of hydrogen-bond donors (Lipinski definition) is 1. The van der Waals surface area contributed by atoms with Crippen molar-refractivity contribution in [3.8, 4) is 0 Å². The predicted octanol–water partition coefficient (Wildman–Crippen LogP) is 1.09. The van der Waals surface area contributed by atoms with Crippen molar-refractivity contribution in [2.75, 3.05) is 18.0 Å². The van der Waals surface area contributed by atoms with Crippen molar-refractivity contribution < 1.29 is 9.53 Å². The lowest BCUT2D eigenvalue weighted by atomic mass is 9.99. The Kier molecular flexibility index (Phi) is 4.31. The number of morpholine rings is 1. The van der Waals surface area contributed by atoms with E-state index in [0.29, 0.717) is 19.0 Å². The third-order valence-corrected chi connectivity index (χ3v) is 4.73. The third-order valence-electron chi connectivity index (χ3n) is 4.73. The standard InChI is InChI=1S/C18H21N5O2/c1-12-6-21-18(22-7-12)23-10-14-5-15(16(11-23)25-14)17(24)20-9-13-3-2-4-19-8-13/h2-4,6-8,14-16H,5,9-11H2,1H3,(H,20,24)/t14-,15+,16-/m0/s1. The van der Waals surface area contributed by atoms with Gasteiger partial charge in [-0.05, 0) is 30.5 Å². The normalized spacial score (nSPS) is 25.0. The molecule has 2 aromatic rings. The molecule has 2 saturated heterocycles. The second kappa shape index (κ2) is 6.76. The van der Waals surface area contributed by atoms with Gasteiger partial charge in [0.2, 0.25) is 11.9 Å². The van der Waals surface area contributed by atoms with Crippen LogP contribution < -0.4 is 10.2 Å². The van der Waals surface area contributed by atoms with E-state index in [-0.39, 0.29) is 24.0 Å². The Hall–Kier alpha value is -2.54. The second-order valence-electron chi connectivity index (χ2n) is 6.68. The molecule has 2 aliphatic heterocycles. The lowest BCUT2D eigenvalue weighted by Crippen LogP contribution is -2.46. The van der Waals surface area contributed by atoms with Crippen LogP contribution in [0.1, 0.15) is 17.5 Å². The topological polar surface area (TPSA) is 80.2 Å². The lowest BCUT2D eigenvalue weighted by Gasteiger charge is -2.32. The van der Waals surface area contributed by atoms with Gasteiger partial charge in [0.1, 0.15) is 0 Å². The van der Waals surface area contributed by atoms with Crippen molar-refractivity contribution >= 4 is 11.9 Å². The minimum atomic E-state index is -0.128. The maximum atomic E-state index is 12.6. The third kappa shape index (κ3) is 3.46. The molecule has 2 aliphatic rings. The van der Waals surface area contributed by atoms with Crippen LogP contribution in [0, 0.1) is 12.8 Å². The van der Waals surface area contributed by atoms with Gasteiger partial charge in [-0.3, -0.25) is 9.78 Å². The fraction of sp³-hybridized carbons (Fsp3) is 0.444. The van der Waals surface area contributed by atoms with Crippen molar-refractivity contribution in [1.29, 1.82) is 0 Å². The number of pyridine rings is 1. The van der Waals surface area contributed by atoms with Gasteiger partial charge >= 0.3 is 0 Å². The van der Waals surface area contributed by atoms with Crippen LogP contribution in [0.4, 0.5) is 5.95 Å². The smallest absolute Gasteiger partial charge is 0.226 e. The Balaban J connectivity index is 1.38. The van der Waals surface area contributed by atoms with Crippen molar-refractivity contribution in [2.45, 2.75) is 32.1 Å². The van der Waals surface area contributed by atoms with Gasteiger partial charge < -0.3 is 15.0 Å². The van der Waals surface area contributed by atoms with Gasteiger partial charge in [-0.1, -0.05) is 6.07 Å². The molecule has 2 aromatic heterocycles. The molecule has 7 nitrogen and oxygen atoms in total. The van der Waals surface area contributed by atoms with E-state index in [1.807, 2.05) is 31.5 Å². The molecule has 1 N–H and O–H groups in total. The number of rotatable bonds is 4. The van der Waals surface area contributed by atoms with Gasteiger partial charge in [-0.15, -0.1) is 0 Å². The molecule has 3 atom stereocenters. The summed E-state index contributed by atoms with van der Waals surface area (Å²) in [6.07, 6.45) is 7.80. The first-order valence-electron chi connectivity index (χ1n) is 8.55. The van der Waals surface area contributed by atoms with Gasteiger partial charge in [0.15, 0.2) is 0 Å². The molecular weight excluding hydrogens is 318 g/mol. The van der Waals surface area contributed by atoms with E-state index < -0.39 is 0 Å². The number of carbonyl (C=O) groups is 1. The van der Waals surface area contributed by atoms with Crippen LogP contribution >= 0.6 is 0 Å². The number of nitrogens with zero attached hydrogens (tertiary/aromatic N) is 4. The fourth-order valence-corrected chi connectivity index (χ4v) is 3.47.